The molecule has 1 heterocycles. The van der Waals surface area contributed by atoms with Crippen molar-refractivity contribution < 1.29 is 9.66 Å². The first-order chi connectivity index (χ1) is 13.6. The van der Waals surface area contributed by atoms with E-state index in [1.165, 1.54) is 6.33 Å². The first kappa shape index (κ1) is 19.1. The lowest BCUT2D eigenvalue weighted by molar-refractivity contribution is -0.383. The van der Waals surface area contributed by atoms with Crippen LogP contribution in [-0.4, -0.2) is 28.0 Å². The van der Waals surface area contributed by atoms with E-state index in [1.807, 2.05) is 44.2 Å². The summed E-state index contributed by atoms with van der Waals surface area (Å²) in [4.78, 5) is 21.5. The first-order valence-corrected chi connectivity index (χ1v) is 8.95. The molecule has 0 bridgehead atoms. The fourth-order valence-electron chi connectivity index (χ4n) is 2.83. The second kappa shape index (κ2) is 8.81. The molecule has 3 aromatic rings. The number of rotatable bonds is 8. The molecule has 0 saturated carbocycles. The number of aromatic nitrogens is 2. The van der Waals surface area contributed by atoms with E-state index in [9.17, 15) is 10.1 Å². The van der Waals surface area contributed by atoms with Gasteiger partial charge in [0.25, 0.3) is 0 Å². The normalized spacial score (nSPS) is 10.4. The third-order valence-corrected chi connectivity index (χ3v) is 4.05. The van der Waals surface area contributed by atoms with E-state index >= 15 is 0 Å². The van der Waals surface area contributed by atoms with Gasteiger partial charge in [-0.05, 0) is 50.2 Å². The van der Waals surface area contributed by atoms with Crippen molar-refractivity contribution in [1.82, 2.24) is 9.97 Å². The molecule has 0 unspecified atom stereocenters. The van der Waals surface area contributed by atoms with Crippen molar-refractivity contribution in [2.45, 2.75) is 13.8 Å². The van der Waals surface area contributed by atoms with E-state index in [1.54, 1.807) is 29.2 Å². The molecule has 8 nitrogen and oxygen atoms in total. The molecule has 0 fully saturated rings. The standard InChI is InChI=1S/C20H21N5O3/c1-3-24(16-8-6-5-7-9-16)20-18(25(26)27)19(21-14-22-20)23-15-10-12-17(13-11-15)28-4-2/h5-14H,3-4H2,1-2H3,(H,21,22,23). The van der Waals surface area contributed by atoms with E-state index in [0.717, 1.165) is 11.4 Å². The Morgan fingerprint density at radius 2 is 1.79 bits per heavy atom. The number of nitro groups is 1. The lowest BCUT2D eigenvalue weighted by Crippen LogP contribution is -2.19. The molecular formula is C20H21N5O3. The van der Waals surface area contributed by atoms with Crippen molar-refractivity contribution in [1.29, 1.82) is 0 Å². The zero-order chi connectivity index (χ0) is 19.9. The van der Waals surface area contributed by atoms with Crippen LogP contribution < -0.4 is 15.0 Å². The molecule has 0 aliphatic rings. The minimum absolute atomic E-state index is 0.133. The molecule has 8 heteroatoms. The smallest absolute Gasteiger partial charge is 0.354 e. The zero-order valence-corrected chi connectivity index (χ0v) is 15.7. The highest BCUT2D eigenvalue weighted by molar-refractivity contribution is 5.78. The quantitative estimate of drug-likeness (QED) is 0.448. The number of nitrogens with one attached hydrogen (secondary N) is 1. The van der Waals surface area contributed by atoms with Crippen LogP contribution in [-0.2, 0) is 0 Å². The number of benzene rings is 2. The fraction of sp³-hybridized carbons (Fsp3) is 0.200. The van der Waals surface area contributed by atoms with E-state index in [-0.39, 0.29) is 17.3 Å². The van der Waals surface area contributed by atoms with E-state index in [0.29, 0.717) is 18.8 Å². The minimum Gasteiger partial charge on any atom is -0.494 e. The average Bonchev–Trinajstić information content (AvgIpc) is 2.71. The second-order valence-corrected chi connectivity index (χ2v) is 5.81. The molecule has 0 atom stereocenters. The lowest BCUT2D eigenvalue weighted by Gasteiger charge is -2.22. The first-order valence-electron chi connectivity index (χ1n) is 8.95. The summed E-state index contributed by atoms with van der Waals surface area (Å²) in [5.74, 6) is 1.10. The van der Waals surface area contributed by atoms with Crippen LogP contribution >= 0.6 is 0 Å². The summed E-state index contributed by atoms with van der Waals surface area (Å²) in [5, 5.41) is 14.9. The maximum atomic E-state index is 11.9. The van der Waals surface area contributed by atoms with Gasteiger partial charge < -0.3 is 15.0 Å². The van der Waals surface area contributed by atoms with Gasteiger partial charge in [0, 0.05) is 17.9 Å². The van der Waals surface area contributed by atoms with Crippen LogP contribution in [0.3, 0.4) is 0 Å². The van der Waals surface area contributed by atoms with Crippen molar-refractivity contribution >= 4 is 28.7 Å². The van der Waals surface area contributed by atoms with Crippen LogP contribution in [0.2, 0.25) is 0 Å². The molecule has 0 amide bonds. The molecule has 2 aromatic carbocycles. The summed E-state index contributed by atoms with van der Waals surface area (Å²) in [5.41, 5.74) is 1.31. The minimum atomic E-state index is -0.460. The maximum absolute atomic E-state index is 11.9. The Hall–Kier alpha value is -3.68. The van der Waals surface area contributed by atoms with E-state index < -0.39 is 4.92 Å². The van der Waals surface area contributed by atoms with Gasteiger partial charge in [0.2, 0.25) is 11.6 Å². The van der Waals surface area contributed by atoms with Crippen LogP contribution in [0.1, 0.15) is 13.8 Å². The number of hydrogen-bond donors (Lipinski definition) is 1. The summed E-state index contributed by atoms with van der Waals surface area (Å²) < 4.78 is 5.42. The molecule has 0 aliphatic carbocycles. The Kier molecular flexibility index (Phi) is 6.01. The van der Waals surface area contributed by atoms with Gasteiger partial charge >= 0.3 is 5.69 Å². The zero-order valence-electron chi connectivity index (χ0n) is 15.7. The third kappa shape index (κ3) is 4.17. The molecule has 0 radical (unpaired) electrons. The van der Waals surface area contributed by atoms with Crippen molar-refractivity contribution in [3.63, 3.8) is 0 Å². The molecule has 3 rings (SSSR count). The predicted octanol–water partition coefficient (Wildman–Crippen LogP) is 4.69. The number of hydrogen-bond acceptors (Lipinski definition) is 7. The molecule has 144 valence electrons. The summed E-state index contributed by atoms with van der Waals surface area (Å²) in [6.45, 7) is 4.91. The maximum Gasteiger partial charge on any atom is 0.354 e. The van der Waals surface area contributed by atoms with Crippen LogP contribution in [0, 0.1) is 10.1 Å². The van der Waals surface area contributed by atoms with Gasteiger partial charge in [-0.3, -0.25) is 10.1 Å². The largest absolute Gasteiger partial charge is 0.494 e. The van der Waals surface area contributed by atoms with Gasteiger partial charge in [-0.15, -0.1) is 0 Å². The summed E-state index contributed by atoms with van der Waals surface area (Å²) in [7, 11) is 0. The topological polar surface area (TPSA) is 93.4 Å². The molecular weight excluding hydrogens is 358 g/mol. The van der Waals surface area contributed by atoms with Crippen LogP contribution in [0.4, 0.5) is 28.7 Å². The Labute approximate surface area is 163 Å². The van der Waals surface area contributed by atoms with Gasteiger partial charge in [0.05, 0.1) is 11.5 Å². The van der Waals surface area contributed by atoms with Crippen LogP contribution in [0.15, 0.2) is 60.9 Å². The third-order valence-electron chi connectivity index (χ3n) is 4.05. The van der Waals surface area contributed by atoms with E-state index in [2.05, 4.69) is 15.3 Å². The molecule has 0 saturated heterocycles. The van der Waals surface area contributed by atoms with Gasteiger partial charge in [-0.2, -0.15) is 0 Å². The van der Waals surface area contributed by atoms with Crippen molar-refractivity contribution in [2.75, 3.05) is 23.4 Å². The highest BCUT2D eigenvalue weighted by atomic mass is 16.6. The molecule has 1 aromatic heterocycles. The predicted molar refractivity (Wildman–Crippen MR) is 109 cm³/mol. The van der Waals surface area contributed by atoms with Crippen LogP contribution in [0.5, 0.6) is 5.75 Å². The highest BCUT2D eigenvalue weighted by Gasteiger charge is 2.27. The Morgan fingerprint density at radius 1 is 1.07 bits per heavy atom. The molecule has 0 spiro atoms. The Balaban J connectivity index is 1.98. The molecule has 28 heavy (non-hydrogen) atoms. The van der Waals surface area contributed by atoms with E-state index in [4.69, 9.17) is 4.74 Å². The average molecular weight is 379 g/mol. The lowest BCUT2D eigenvalue weighted by atomic mass is 10.2. The Morgan fingerprint density at radius 3 is 2.39 bits per heavy atom. The van der Waals surface area contributed by atoms with Crippen molar-refractivity contribution in [3.8, 4) is 5.75 Å². The van der Waals surface area contributed by atoms with Crippen molar-refractivity contribution in [2.24, 2.45) is 0 Å². The summed E-state index contributed by atoms with van der Waals surface area (Å²) in [6.07, 6.45) is 1.32. The monoisotopic (exact) mass is 379 g/mol. The SMILES string of the molecule is CCOc1ccc(Nc2ncnc(N(CC)c3ccccc3)c2[N+](=O)[O-])cc1. The van der Waals surface area contributed by atoms with Gasteiger partial charge in [0.1, 0.15) is 12.1 Å². The number of para-hydroxylation sites is 1. The summed E-state index contributed by atoms with van der Waals surface area (Å²) in [6, 6.07) is 16.6. The van der Waals surface area contributed by atoms with Gasteiger partial charge in [-0.25, -0.2) is 9.97 Å². The highest BCUT2D eigenvalue weighted by Crippen LogP contribution is 2.36. The second-order valence-electron chi connectivity index (χ2n) is 5.81. The Bertz CT molecular complexity index is 932. The number of nitrogens with zero attached hydrogens (tertiary/aromatic N) is 4. The number of anilines is 4. The summed E-state index contributed by atoms with van der Waals surface area (Å²) >= 11 is 0. The van der Waals surface area contributed by atoms with Gasteiger partial charge in [-0.1, -0.05) is 18.2 Å². The van der Waals surface area contributed by atoms with Gasteiger partial charge in [0.15, 0.2) is 0 Å². The van der Waals surface area contributed by atoms with Crippen molar-refractivity contribution in [3.05, 3.63) is 71.0 Å². The fourth-order valence-corrected chi connectivity index (χ4v) is 2.83. The number of ether oxygens (including phenoxy) is 1. The molecule has 0 aliphatic heterocycles. The molecule has 1 N–H and O–H groups in total. The van der Waals surface area contributed by atoms with Crippen LogP contribution in [0.25, 0.3) is 0 Å².